The van der Waals surface area contributed by atoms with E-state index in [1.807, 2.05) is 0 Å². The molecule has 0 spiro atoms. The average Bonchev–Trinajstić information content (AvgIpc) is 2.01. The highest BCUT2D eigenvalue weighted by molar-refractivity contribution is 5.09. The second kappa shape index (κ2) is 4.03. The van der Waals surface area contributed by atoms with Gasteiger partial charge in [0.1, 0.15) is 5.82 Å². The van der Waals surface area contributed by atoms with Gasteiger partial charge in [-0.1, -0.05) is 0 Å². The van der Waals surface area contributed by atoms with Crippen molar-refractivity contribution >= 4 is 0 Å². The molecule has 0 aromatic carbocycles. The van der Waals surface area contributed by atoms with Crippen molar-refractivity contribution < 1.29 is 4.39 Å². The molecule has 2 N–H and O–H groups in total. The van der Waals surface area contributed by atoms with Gasteiger partial charge in [0.15, 0.2) is 0 Å². The maximum atomic E-state index is 12.5. The molecule has 0 atom stereocenters. The zero-order valence-electron chi connectivity index (χ0n) is 6.26. The maximum Gasteiger partial charge on any atom is 0.141 e. The first-order valence-corrected chi connectivity index (χ1v) is 3.62. The molecule has 1 aromatic heterocycles. The summed E-state index contributed by atoms with van der Waals surface area (Å²) in [7, 11) is 0. The maximum absolute atomic E-state index is 12.5. The molecule has 0 aliphatic carbocycles. The fourth-order valence-electron chi connectivity index (χ4n) is 0.899. The van der Waals surface area contributed by atoms with E-state index in [1.54, 1.807) is 6.20 Å². The Hall–Kier alpha value is -0.960. The molecule has 11 heavy (non-hydrogen) atoms. The topological polar surface area (TPSA) is 38.9 Å². The van der Waals surface area contributed by atoms with Gasteiger partial charge in [-0.3, -0.25) is 4.98 Å². The number of pyridine rings is 1. The Balaban J connectivity index is 2.56. The molecule has 0 saturated heterocycles. The van der Waals surface area contributed by atoms with Crippen LogP contribution in [0.3, 0.4) is 0 Å². The third-order valence-corrected chi connectivity index (χ3v) is 1.43. The minimum absolute atomic E-state index is 0.278. The van der Waals surface area contributed by atoms with Crippen LogP contribution in [0.1, 0.15) is 12.0 Å². The van der Waals surface area contributed by atoms with Gasteiger partial charge in [0.25, 0.3) is 0 Å². The van der Waals surface area contributed by atoms with Crippen LogP contribution >= 0.6 is 0 Å². The van der Waals surface area contributed by atoms with Crippen molar-refractivity contribution in [2.75, 3.05) is 6.54 Å². The molecule has 0 saturated carbocycles. The van der Waals surface area contributed by atoms with E-state index in [2.05, 4.69) is 4.98 Å². The summed E-state index contributed by atoms with van der Waals surface area (Å²) >= 11 is 0. The highest BCUT2D eigenvalue weighted by atomic mass is 19.1. The number of nitrogens with zero attached hydrogens (tertiary/aromatic N) is 1. The molecular weight excluding hydrogens is 143 g/mol. The Labute approximate surface area is 65.3 Å². The normalized spacial score (nSPS) is 10.0. The lowest BCUT2D eigenvalue weighted by Gasteiger charge is -1.97. The van der Waals surface area contributed by atoms with E-state index in [9.17, 15) is 4.39 Å². The smallest absolute Gasteiger partial charge is 0.141 e. The van der Waals surface area contributed by atoms with Gasteiger partial charge in [-0.2, -0.15) is 0 Å². The van der Waals surface area contributed by atoms with Crippen molar-refractivity contribution in [2.24, 2.45) is 5.73 Å². The molecule has 60 valence electrons. The van der Waals surface area contributed by atoms with Crippen LogP contribution in [0.5, 0.6) is 0 Å². The number of rotatable bonds is 3. The van der Waals surface area contributed by atoms with Crippen molar-refractivity contribution in [1.29, 1.82) is 0 Å². The molecule has 3 heteroatoms. The van der Waals surface area contributed by atoms with Gasteiger partial charge in [0.05, 0.1) is 6.20 Å². The number of halogens is 1. The van der Waals surface area contributed by atoms with Gasteiger partial charge in [-0.25, -0.2) is 4.39 Å². The van der Waals surface area contributed by atoms with Gasteiger partial charge in [0.2, 0.25) is 0 Å². The van der Waals surface area contributed by atoms with Gasteiger partial charge >= 0.3 is 0 Å². The highest BCUT2D eigenvalue weighted by Crippen LogP contribution is 2.02. The third-order valence-electron chi connectivity index (χ3n) is 1.43. The van der Waals surface area contributed by atoms with Crippen molar-refractivity contribution in [1.82, 2.24) is 4.98 Å². The predicted molar refractivity (Wildman–Crippen MR) is 41.6 cm³/mol. The van der Waals surface area contributed by atoms with Gasteiger partial charge < -0.3 is 5.73 Å². The minimum atomic E-state index is -0.278. The summed E-state index contributed by atoms with van der Waals surface area (Å²) in [6.45, 7) is 0.635. The Morgan fingerprint density at radius 3 is 2.91 bits per heavy atom. The van der Waals surface area contributed by atoms with Crippen LogP contribution in [-0.4, -0.2) is 11.5 Å². The van der Waals surface area contributed by atoms with Crippen LogP contribution in [0.4, 0.5) is 4.39 Å². The Bertz CT molecular complexity index is 225. The standard InChI is InChI=1S/C8H11FN2/c9-8-4-7(2-1-3-10)5-11-6-8/h4-6H,1-3,10H2. The molecule has 0 amide bonds. The zero-order valence-corrected chi connectivity index (χ0v) is 6.26. The Kier molecular flexibility index (Phi) is 2.98. The summed E-state index contributed by atoms with van der Waals surface area (Å²) in [5.74, 6) is -0.278. The SMILES string of the molecule is NCCCc1cncc(F)c1. The van der Waals surface area contributed by atoms with Gasteiger partial charge in [-0.05, 0) is 31.0 Å². The van der Waals surface area contributed by atoms with Crippen molar-refractivity contribution in [2.45, 2.75) is 12.8 Å². The Morgan fingerprint density at radius 1 is 1.45 bits per heavy atom. The summed E-state index contributed by atoms with van der Waals surface area (Å²) in [4.78, 5) is 3.72. The fraction of sp³-hybridized carbons (Fsp3) is 0.375. The minimum Gasteiger partial charge on any atom is -0.330 e. The predicted octanol–water partition coefficient (Wildman–Crippen LogP) is 1.11. The van der Waals surface area contributed by atoms with Crippen molar-refractivity contribution in [3.05, 3.63) is 29.8 Å². The van der Waals surface area contributed by atoms with Crippen LogP contribution in [0.25, 0.3) is 0 Å². The lowest BCUT2D eigenvalue weighted by Crippen LogP contribution is -2.00. The van der Waals surface area contributed by atoms with E-state index in [0.717, 1.165) is 18.4 Å². The number of aromatic nitrogens is 1. The first-order valence-electron chi connectivity index (χ1n) is 3.62. The molecule has 1 aromatic rings. The largest absolute Gasteiger partial charge is 0.330 e. The molecule has 2 nitrogen and oxygen atoms in total. The summed E-state index contributed by atoms with van der Waals surface area (Å²) in [6.07, 6.45) is 4.55. The van der Waals surface area contributed by atoms with Gasteiger partial charge in [0, 0.05) is 6.20 Å². The lowest BCUT2D eigenvalue weighted by molar-refractivity contribution is 0.617. The van der Waals surface area contributed by atoms with E-state index in [-0.39, 0.29) is 5.82 Å². The van der Waals surface area contributed by atoms with Crippen LogP contribution in [-0.2, 0) is 6.42 Å². The summed E-state index contributed by atoms with van der Waals surface area (Å²) in [5, 5.41) is 0. The quantitative estimate of drug-likeness (QED) is 0.708. The number of nitrogens with two attached hydrogens (primary N) is 1. The van der Waals surface area contributed by atoms with E-state index in [1.165, 1.54) is 12.3 Å². The molecule has 1 heterocycles. The summed E-state index contributed by atoms with van der Waals surface area (Å²) in [6, 6.07) is 1.49. The van der Waals surface area contributed by atoms with Crippen molar-refractivity contribution in [3.63, 3.8) is 0 Å². The molecule has 0 unspecified atom stereocenters. The van der Waals surface area contributed by atoms with E-state index >= 15 is 0 Å². The number of aryl methyl sites for hydroxylation is 1. The molecule has 0 bridgehead atoms. The van der Waals surface area contributed by atoms with E-state index in [0.29, 0.717) is 6.54 Å². The van der Waals surface area contributed by atoms with Crippen LogP contribution in [0.2, 0.25) is 0 Å². The van der Waals surface area contributed by atoms with E-state index < -0.39 is 0 Å². The van der Waals surface area contributed by atoms with Crippen LogP contribution in [0.15, 0.2) is 18.5 Å². The summed E-state index contributed by atoms with van der Waals surface area (Å²) in [5.41, 5.74) is 6.21. The van der Waals surface area contributed by atoms with Gasteiger partial charge in [-0.15, -0.1) is 0 Å². The zero-order chi connectivity index (χ0) is 8.10. The van der Waals surface area contributed by atoms with Crippen LogP contribution in [0, 0.1) is 5.82 Å². The Morgan fingerprint density at radius 2 is 2.27 bits per heavy atom. The molecule has 0 radical (unpaired) electrons. The highest BCUT2D eigenvalue weighted by Gasteiger charge is 1.94. The lowest BCUT2D eigenvalue weighted by atomic mass is 10.1. The van der Waals surface area contributed by atoms with E-state index in [4.69, 9.17) is 5.73 Å². The summed E-state index contributed by atoms with van der Waals surface area (Å²) < 4.78 is 12.5. The molecule has 0 aliphatic rings. The van der Waals surface area contributed by atoms with Crippen molar-refractivity contribution in [3.8, 4) is 0 Å². The molecule has 0 aliphatic heterocycles. The molecular formula is C8H11FN2. The molecule has 1 rings (SSSR count). The third kappa shape index (κ3) is 2.63. The second-order valence-electron chi connectivity index (χ2n) is 2.40. The fourth-order valence-corrected chi connectivity index (χ4v) is 0.899. The first-order chi connectivity index (χ1) is 5.33. The number of hydrogen-bond acceptors (Lipinski definition) is 2. The monoisotopic (exact) mass is 154 g/mol. The number of hydrogen-bond donors (Lipinski definition) is 1. The van der Waals surface area contributed by atoms with Crippen LogP contribution < -0.4 is 5.73 Å². The molecule has 0 fully saturated rings. The second-order valence-corrected chi connectivity index (χ2v) is 2.40. The first kappa shape index (κ1) is 8.14. The average molecular weight is 154 g/mol.